The van der Waals surface area contributed by atoms with Gasteiger partial charge in [-0.05, 0) is 30.3 Å². The molecular weight excluding hydrogens is 405 g/mol. The van der Waals surface area contributed by atoms with E-state index >= 15 is 0 Å². The molecule has 0 radical (unpaired) electrons. The van der Waals surface area contributed by atoms with Crippen molar-refractivity contribution < 1.29 is 27.4 Å². The number of halogens is 2. The molecule has 2 aromatic carbocycles. The van der Waals surface area contributed by atoms with Gasteiger partial charge in [0.25, 0.3) is 10.0 Å². The minimum absolute atomic E-state index is 0.0349. The molecule has 0 aliphatic rings. The van der Waals surface area contributed by atoms with Crippen molar-refractivity contribution in [2.75, 3.05) is 26.1 Å². The Bertz CT molecular complexity index is 946. The van der Waals surface area contributed by atoms with Crippen LogP contribution in [0.4, 0.5) is 5.69 Å². The molecule has 0 aromatic heterocycles. The van der Waals surface area contributed by atoms with Crippen molar-refractivity contribution >= 4 is 44.9 Å². The molecule has 0 aliphatic heterocycles. The topological polar surface area (TPSA) is 90.9 Å². The predicted octanol–water partition coefficient (Wildman–Crippen LogP) is 3.60. The number of esters is 1. The van der Waals surface area contributed by atoms with Crippen molar-refractivity contribution in [1.29, 1.82) is 0 Å². The lowest BCUT2D eigenvalue weighted by atomic mass is 10.2. The first-order chi connectivity index (χ1) is 12.2. The minimum atomic E-state index is -4.13. The van der Waals surface area contributed by atoms with Gasteiger partial charge < -0.3 is 14.2 Å². The highest BCUT2D eigenvalue weighted by atomic mass is 35.5. The molecule has 0 fully saturated rings. The molecule has 10 heteroatoms. The Morgan fingerprint density at radius 2 is 1.58 bits per heavy atom. The summed E-state index contributed by atoms with van der Waals surface area (Å²) in [6.45, 7) is 0. The third kappa shape index (κ3) is 3.98. The van der Waals surface area contributed by atoms with Crippen molar-refractivity contribution in [2.24, 2.45) is 0 Å². The lowest BCUT2D eigenvalue weighted by molar-refractivity contribution is 0.0600. The van der Waals surface area contributed by atoms with Crippen LogP contribution in [0.15, 0.2) is 35.2 Å². The fourth-order valence-corrected chi connectivity index (χ4v) is 4.01. The van der Waals surface area contributed by atoms with Gasteiger partial charge in [-0.2, -0.15) is 0 Å². The number of nitrogens with one attached hydrogen (secondary N) is 1. The fourth-order valence-electron chi connectivity index (χ4n) is 2.11. The summed E-state index contributed by atoms with van der Waals surface area (Å²) in [5.74, 6) is -0.184. The first-order valence-corrected chi connectivity index (χ1v) is 9.30. The molecule has 0 amide bonds. The summed E-state index contributed by atoms with van der Waals surface area (Å²) in [5, 5.41) is -0.228. The van der Waals surface area contributed by atoms with Gasteiger partial charge in [0.2, 0.25) is 0 Å². The van der Waals surface area contributed by atoms with Gasteiger partial charge in [0.1, 0.15) is 21.4 Å². The maximum absolute atomic E-state index is 12.7. The average molecular weight is 420 g/mol. The molecule has 1 N–H and O–H groups in total. The van der Waals surface area contributed by atoms with Crippen LogP contribution < -0.4 is 14.2 Å². The van der Waals surface area contributed by atoms with Crippen LogP contribution >= 0.6 is 23.2 Å². The standard InChI is InChI=1S/C16H15Cl2NO6S/c1-23-11-5-4-9(16(20)25-3)8-10(11)19-26(21,22)13-7-6-12(24-2)14(17)15(13)18/h4-8,19H,1-3H3. The van der Waals surface area contributed by atoms with Crippen LogP contribution in [0.3, 0.4) is 0 Å². The molecule has 0 heterocycles. The van der Waals surface area contributed by atoms with E-state index in [0.717, 1.165) is 0 Å². The van der Waals surface area contributed by atoms with Crippen molar-refractivity contribution in [3.63, 3.8) is 0 Å². The average Bonchev–Trinajstić information content (AvgIpc) is 2.62. The molecule has 0 spiro atoms. The Hall–Kier alpha value is -2.16. The van der Waals surface area contributed by atoms with E-state index in [4.69, 9.17) is 32.7 Å². The van der Waals surface area contributed by atoms with E-state index in [1.807, 2.05) is 0 Å². The maximum atomic E-state index is 12.7. The van der Waals surface area contributed by atoms with Gasteiger partial charge in [-0.25, -0.2) is 13.2 Å². The highest BCUT2D eigenvalue weighted by Gasteiger charge is 2.24. The third-order valence-corrected chi connectivity index (χ3v) is 5.77. The number of hydrogen-bond donors (Lipinski definition) is 1. The number of benzene rings is 2. The fraction of sp³-hybridized carbons (Fsp3) is 0.188. The zero-order chi connectivity index (χ0) is 19.5. The number of carbonyl (C=O) groups excluding carboxylic acids is 1. The maximum Gasteiger partial charge on any atom is 0.337 e. The van der Waals surface area contributed by atoms with E-state index < -0.39 is 16.0 Å². The number of sulfonamides is 1. The van der Waals surface area contributed by atoms with Gasteiger partial charge >= 0.3 is 5.97 Å². The molecule has 0 saturated carbocycles. The van der Waals surface area contributed by atoms with Crippen LogP contribution in [-0.2, 0) is 14.8 Å². The van der Waals surface area contributed by atoms with Crippen LogP contribution in [-0.4, -0.2) is 35.7 Å². The summed E-state index contributed by atoms with van der Waals surface area (Å²) in [4.78, 5) is 11.4. The monoisotopic (exact) mass is 419 g/mol. The van der Waals surface area contributed by atoms with Gasteiger partial charge in [-0.3, -0.25) is 4.72 Å². The molecule has 0 bridgehead atoms. The van der Waals surface area contributed by atoms with Crippen LogP contribution in [0, 0.1) is 0 Å². The summed E-state index contributed by atoms with van der Waals surface area (Å²) < 4.78 is 42.5. The van der Waals surface area contributed by atoms with Gasteiger partial charge in [-0.1, -0.05) is 23.2 Å². The number of anilines is 1. The number of rotatable bonds is 6. The number of carbonyl (C=O) groups is 1. The zero-order valence-electron chi connectivity index (χ0n) is 14.0. The second-order valence-electron chi connectivity index (χ2n) is 4.91. The third-order valence-electron chi connectivity index (χ3n) is 3.39. The largest absolute Gasteiger partial charge is 0.495 e. The molecule has 2 aromatic rings. The summed E-state index contributed by atoms with van der Waals surface area (Å²) in [6, 6.07) is 6.81. The molecule has 7 nitrogen and oxygen atoms in total. The van der Waals surface area contributed by atoms with Crippen LogP contribution in [0.2, 0.25) is 10.0 Å². The SMILES string of the molecule is COC(=O)c1ccc(OC)c(NS(=O)(=O)c2ccc(OC)c(Cl)c2Cl)c1. The molecule has 0 unspecified atom stereocenters. The molecule has 0 saturated heterocycles. The Balaban J connectivity index is 2.50. The molecule has 140 valence electrons. The lowest BCUT2D eigenvalue weighted by Gasteiger charge is -2.15. The van der Waals surface area contributed by atoms with Crippen LogP contribution in [0.25, 0.3) is 0 Å². The van der Waals surface area contributed by atoms with Gasteiger partial charge in [-0.15, -0.1) is 0 Å². The van der Waals surface area contributed by atoms with Crippen molar-refractivity contribution in [1.82, 2.24) is 0 Å². The van der Waals surface area contributed by atoms with E-state index in [1.54, 1.807) is 0 Å². The predicted molar refractivity (Wildman–Crippen MR) is 98.2 cm³/mol. The highest BCUT2D eigenvalue weighted by Crippen LogP contribution is 2.38. The summed E-state index contributed by atoms with van der Waals surface area (Å²) in [5.41, 5.74) is 0.184. The van der Waals surface area contributed by atoms with Crippen LogP contribution in [0.1, 0.15) is 10.4 Å². The Kier molecular flexibility index (Phi) is 6.22. The quantitative estimate of drug-likeness (QED) is 0.719. The number of hydrogen-bond acceptors (Lipinski definition) is 6. The minimum Gasteiger partial charge on any atom is -0.495 e. The smallest absolute Gasteiger partial charge is 0.337 e. The van der Waals surface area contributed by atoms with E-state index in [1.165, 1.54) is 51.7 Å². The van der Waals surface area contributed by atoms with Crippen LogP contribution in [0.5, 0.6) is 11.5 Å². The molecule has 26 heavy (non-hydrogen) atoms. The van der Waals surface area contributed by atoms with E-state index in [-0.39, 0.29) is 37.7 Å². The van der Waals surface area contributed by atoms with Gasteiger partial charge in [0.15, 0.2) is 0 Å². The Labute approximate surface area is 160 Å². The first-order valence-electron chi connectivity index (χ1n) is 7.06. The summed E-state index contributed by atoms with van der Waals surface area (Å²) in [6.07, 6.45) is 0. The van der Waals surface area contributed by atoms with E-state index in [9.17, 15) is 13.2 Å². The van der Waals surface area contributed by atoms with Crippen molar-refractivity contribution in [2.45, 2.75) is 4.90 Å². The first kappa shape index (κ1) is 20.2. The highest BCUT2D eigenvalue weighted by molar-refractivity contribution is 7.92. The van der Waals surface area contributed by atoms with Crippen molar-refractivity contribution in [3.05, 3.63) is 45.9 Å². The lowest BCUT2D eigenvalue weighted by Crippen LogP contribution is -2.15. The molecule has 0 aliphatic carbocycles. The normalized spacial score (nSPS) is 11.0. The van der Waals surface area contributed by atoms with E-state index in [0.29, 0.717) is 0 Å². The molecular formula is C16H15Cl2NO6S. The second kappa shape index (κ2) is 8.03. The number of ether oxygens (including phenoxy) is 3. The Morgan fingerprint density at radius 3 is 2.15 bits per heavy atom. The van der Waals surface area contributed by atoms with Gasteiger partial charge in [0, 0.05) is 0 Å². The second-order valence-corrected chi connectivity index (χ2v) is 7.31. The van der Waals surface area contributed by atoms with Crippen molar-refractivity contribution in [3.8, 4) is 11.5 Å². The summed E-state index contributed by atoms with van der Waals surface area (Å²) in [7, 11) is -0.164. The summed E-state index contributed by atoms with van der Waals surface area (Å²) >= 11 is 12.1. The number of methoxy groups -OCH3 is 3. The molecule has 2 rings (SSSR count). The zero-order valence-corrected chi connectivity index (χ0v) is 16.3. The van der Waals surface area contributed by atoms with E-state index in [2.05, 4.69) is 9.46 Å². The molecule has 0 atom stereocenters. The van der Waals surface area contributed by atoms with Gasteiger partial charge in [0.05, 0.1) is 37.6 Å². The Morgan fingerprint density at radius 1 is 0.962 bits per heavy atom.